The van der Waals surface area contributed by atoms with E-state index in [9.17, 15) is 8.42 Å². The first-order valence-electron chi connectivity index (χ1n) is 8.27. The quantitative estimate of drug-likeness (QED) is 0.694. The SMILES string of the molecule is Cc1cc(S(=O)(=O)Nc2ccc3oc4c(c3c2)CCCC4)ccc1Cl. The molecule has 6 heteroatoms. The predicted molar refractivity (Wildman–Crippen MR) is 99.9 cm³/mol. The van der Waals surface area contributed by atoms with Gasteiger partial charge in [-0.25, -0.2) is 8.42 Å². The van der Waals surface area contributed by atoms with E-state index in [4.69, 9.17) is 16.0 Å². The van der Waals surface area contributed by atoms with Crippen LogP contribution in [0.25, 0.3) is 11.0 Å². The molecule has 1 aromatic heterocycles. The van der Waals surface area contributed by atoms with Crippen LogP contribution in [0.5, 0.6) is 0 Å². The van der Waals surface area contributed by atoms with Gasteiger partial charge in [-0.3, -0.25) is 4.72 Å². The molecule has 0 radical (unpaired) electrons. The van der Waals surface area contributed by atoms with Crippen LogP contribution in [0.2, 0.25) is 5.02 Å². The van der Waals surface area contributed by atoms with Crippen LogP contribution in [0.1, 0.15) is 29.7 Å². The molecule has 0 saturated heterocycles. The third-order valence-electron chi connectivity index (χ3n) is 4.65. The lowest BCUT2D eigenvalue weighted by Crippen LogP contribution is -2.13. The molecule has 2 aromatic carbocycles. The van der Waals surface area contributed by atoms with E-state index < -0.39 is 10.0 Å². The number of hydrogen-bond acceptors (Lipinski definition) is 3. The Hall–Kier alpha value is -1.98. The molecule has 0 spiro atoms. The van der Waals surface area contributed by atoms with Gasteiger partial charge in [0, 0.05) is 28.1 Å². The predicted octanol–water partition coefficient (Wildman–Crippen LogP) is 5.07. The molecule has 4 rings (SSSR count). The molecular weight excluding hydrogens is 358 g/mol. The minimum atomic E-state index is -3.66. The van der Waals surface area contributed by atoms with Gasteiger partial charge in [0.05, 0.1) is 4.90 Å². The van der Waals surface area contributed by atoms with Crippen LogP contribution in [0.15, 0.2) is 45.7 Å². The Kier molecular flexibility index (Phi) is 4.01. The van der Waals surface area contributed by atoms with Crippen molar-refractivity contribution in [1.29, 1.82) is 0 Å². The Labute approximate surface area is 151 Å². The van der Waals surface area contributed by atoms with Gasteiger partial charge in [-0.2, -0.15) is 0 Å². The number of hydrogen-bond donors (Lipinski definition) is 1. The summed E-state index contributed by atoms with van der Waals surface area (Å²) < 4.78 is 33.9. The zero-order valence-electron chi connectivity index (χ0n) is 13.8. The van der Waals surface area contributed by atoms with Crippen molar-refractivity contribution in [3.05, 3.63) is 58.3 Å². The number of rotatable bonds is 3. The van der Waals surface area contributed by atoms with Crippen molar-refractivity contribution in [2.24, 2.45) is 0 Å². The number of furan rings is 1. The molecular formula is C19H18ClNO3S. The normalized spacial score (nSPS) is 14.5. The van der Waals surface area contributed by atoms with E-state index in [1.165, 1.54) is 11.6 Å². The zero-order chi connectivity index (χ0) is 17.6. The molecule has 0 amide bonds. The first kappa shape index (κ1) is 16.5. The summed E-state index contributed by atoms with van der Waals surface area (Å²) in [5, 5.41) is 1.55. The molecule has 0 saturated carbocycles. The molecule has 0 unspecified atom stereocenters. The standard InChI is InChI=1S/C19H18ClNO3S/c1-12-10-14(7-8-17(12)20)25(22,23)21-13-6-9-19-16(11-13)15-4-2-3-5-18(15)24-19/h6-11,21H,2-5H2,1H3. The van der Waals surface area contributed by atoms with Crippen LogP contribution in [0.3, 0.4) is 0 Å². The van der Waals surface area contributed by atoms with Crippen molar-refractivity contribution >= 4 is 38.3 Å². The number of halogens is 1. The molecule has 4 nitrogen and oxygen atoms in total. The summed E-state index contributed by atoms with van der Waals surface area (Å²) >= 11 is 5.99. The fourth-order valence-electron chi connectivity index (χ4n) is 3.32. The van der Waals surface area contributed by atoms with Crippen molar-refractivity contribution in [2.75, 3.05) is 4.72 Å². The number of fused-ring (bicyclic) bond motifs is 3. The second-order valence-electron chi connectivity index (χ2n) is 6.44. The summed E-state index contributed by atoms with van der Waals surface area (Å²) in [5.41, 5.74) is 3.29. The molecule has 0 fully saturated rings. The summed E-state index contributed by atoms with van der Waals surface area (Å²) in [7, 11) is -3.66. The Bertz CT molecular complexity index is 1070. The highest BCUT2D eigenvalue weighted by Crippen LogP contribution is 2.34. The smallest absolute Gasteiger partial charge is 0.261 e. The second-order valence-corrected chi connectivity index (χ2v) is 8.53. The van der Waals surface area contributed by atoms with Gasteiger partial charge in [-0.05, 0) is 68.1 Å². The highest BCUT2D eigenvalue weighted by atomic mass is 35.5. The van der Waals surface area contributed by atoms with Crippen LogP contribution in [-0.4, -0.2) is 8.42 Å². The second kappa shape index (κ2) is 6.07. The van der Waals surface area contributed by atoms with Crippen LogP contribution >= 0.6 is 11.6 Å². The third kappa shape index (κ3) is 3.02. The fourth-order valence-corrected chi connectivity index (χ4v) is 4.58. The lowest BCUT2D eigenvalue weighted by Gasteiger charge is -2.10. The van der Waals surface area contributed by atoms with Crippen LogP contribution in [0, 0.1) is 6.92 Å². The van der Waals surface area contributed by atoms with Gasteiger partial charge in [-0.1, -0.05) is 11.6 Å². The molecule has 0 bridgehead atoms. The fraction of sp³-hybridized carbons (Fsp3) is 0.263. The minimum Gasteiger partial charge on any atom is -0.461 e. The van der Waals surface area contributed by atoms with Crippen LogP contribution in [0.4, 0.5) is 5.69 Å². The van der Waals surface area contributed by atoms with Gasteiger partial charge in [0.25, 0.3) is 10.0 Å². The number of anilines is 1. The van der Waals surface area contributed by atoms with E-state index in [0.717, 1.165) is 48.0 Å². The Morgan fingerprint density at radius 1 is 1.08 bits per heavy atom. The molecule has 1 aliphatic rings. The highest BCUT2D eigenvalue weighted by molar-refractivity contribution is 7.92. The maximum atomic E-state index is 12.7. The van der Waals surface area contributed by atoms with E-state index in [0.29, 0.717) is 10.7 Å². The summed E-state index contributed by atoms with van der Waals surface area (Å²) in [6.07, 6.45) is 4.22. The van der Waals surface area contributed by atoms with Crippen molar-refractivity contribution in [3.8, 4) is 0 Å². The lowest BCUT2D eigenvalue weighted by atomic mass is 9.96. The topological polar surface area (TPSA) is 59.3 Å². The largest absolute Gasteiger partial charge is 0.461 e. The van der Waals surface area contributed by atoms with Gasteiger partial charge >= 0.3 is 0 Å². The van der Waals surface area contributed by atoms with Crippen LogP contribution in [-0.2, 0) is 22.9 Å². The van der Waals surface area contributed by atoms with Gasteiger partial charge in [0.1, 0.15) is 11.3 Å². The summed E-state index contributed by atoms with van der Waals surface area (Å²) in [5.74, 6) is 1.04. The average molecular weight is 376 g/mol. The average Bonchev–Trinajstić information content (AvgIpc) is 2.95. The monoisotopic (exact) mass is 375 g/mol. The zero-order valence-corrected chi connectivity index (χ0v) is 15.4. The third-order valence-corrected chi connectivity index (χ3v) is 6.45. The molecule has 1 heterocycles. The van der Waals surface area contributed by atoms with E-state index in [2.05, 4.69) is 4.72 Å². The molecule has 1 aliphatic carbocycles. The van der Waals surface area contributed by atoms with E-state index in [1.807, 2.05) is 12.1 Å². The number of benzene rings is 2. The van der Waals surface area contributed by atoms with E-state index >= 15 is 0 Å². The van der Waals surface area contributed by atoms with Crippen molar-refractivity contribution in [2.45, 2.75) is 37.5 Å². The molecule has 0 aliphatic heterocycles. The Morgan fingerprint density at radius 2 is 1.88 bits per heavy atom. The van der Waals surface area contributed by atoms with Gasteiger partial charge in [-0.15, -0.1) is 0 Å². The van der Waals surface area contributed by atoms with Crippen LogP contribution < -0.4 is 4.72 Å². The Balaban J connectivity index is 1.71. The lowest BCUT2D eigenvalue weighted by molar-refractivity contribution is 0.506. The van der Waals surface area contributed by atoms with E-state index in [-0.39, 0.29) is 4.90 Å². The van der Waals surface area contributed by atoms with Crippen molar-refractivity contribution < 1.29 is 12.8 Å². The number of sulfonamides is 1. The first-order chi connectivity index (χ1) is 11.9. The highest BCUT2D eigenvalue weighted by Gasteiger charge is 2.20. The Morgan fingerprint density at radius 3 is 2.68 bits per heavy atom. The van der Waals surface area contributed by atoms with Gasteiger partial charge in [0.2, 0.25) is 0 Å². The number of nitrogens with one attached hydrogen (secondary N) is 1. The first-order valence-corrected chi connectivity index (χ1v) is 10.1. The maximum Gasteiger partial charge on any atom is 0.261 e. The van der Waals surface area contributed by atoms with Gasteiger partial charge in [0.15, 0.2) is 0 Å². The van der Waals surface area contributed by atoms with Crippen molar-refractivity contribution in [3.63, 3.8) is 0 Å². The van der Waals surface area contributed by atoms with Crippen molar-refractivity contribution in [1.82, 2.24) is 0 Å². The maximum absolute atomic E-state index is 12.7. The summed E-state index contributed by atoms with van der Waals surface area (Å²) in [6.45, 7) is 1.78. The summed E-state index contributed by atoms with van der Waals surface area (Å²) in [4.78, 5) is 0.198. The molecule has 25 heavy (non-hydrogen) atoms. The molecule has 3 aromatic rings. The molecule has 130 valence electrons. The van der Waals surface area contributed by atoms with E-state index in [1.54, 1.807) is 25.1 Å². The minimum absolute atomic E-state index is 0.198. The number of aryl methyl sites for hydroxylation is 3. The molecule has 1 N–H and O–H groups in total. The molecule has 0 atom stereocenters. The van der Waals surface area contributed by atoms with Gasteiger partial charge < -0.3 is 4.42 Å². The summed E-state index contributed by atoms with van der Waals surface area (Å²) in [6, 6.07) is 10.1.